The number of fused-ring (bicyclic) bond motifs is 1. The van der Waals surface area contributed by atoms with Gasteiger partial charge in [0.1, 0.15) is 0 Å². The highest BCUT2D eigenvalue weighted by Gasteiger charge is 2.17. The number of thioether (sulfide) groups is 2. The molecule has 0 saturated heterocycles. The minimum Gasteiger partial charge on any atom is -0.124 e. The average molecular weight is 355 g/mol. The molecule has 1 unspecified atom stereocenters. The van der Waals surface area contributed by atoms with Crippen LogP contribution in [0.3, 0.4) is 0 Å². The van der Waals surface area contributed by atoms with Crippen LogP contribution < -0.4 is 0 Å². The van der Waals surface area contributed by atoms with Crippen LogP contribution in [0.5, 0.6) is 0 Å². The van der Waals surface area contributed by atoms with E-state index >= 15 is 0 Å². The SMILES string of the molecule is C=C(CC(C)C(=C)C1=C(C)CCC=C1)c1ccc2c(c1)SCCS2. The number of benzene rings is 1. The van der Waals surface area contributed by atoms with Gasteiger partial charge in [-0.3, -0.25) is 0 Å². The second kappa shape index (κ2) is 7.84. The van der Waals surface area contributed by atoms with E-state index in [1.54, 1.807) is 0 Å². The topological polar surface area (TPSA) is 0 Å². The van der Waals surface area contributed by atoms with Gasteiger partial charge in [0.15, 0.2) is 0 Å². The molecule has 1 heterocycles. The quantitative estimate of drug-likeness (QED) is 0.551. The molecule has 2 heteroatoms. The molecule has 0 spiro atoms. The normalized spacial score (nSPS) is 18.2. The van der Waals surface area contributed by atoms with Crippen molar-refractivity contribution in [3.63, 3.8) is 0 Å². The number of allylic oxidation sites excluding steroid dienone is 6. The molecule has 0 aromatic heterocycles. The molecular weight excluding hydrogens is 328 g/mol. The van der Waals surface area contributed by atoms with Gasteiger partial charge in [0.05, 0.1) is 0 Å². The van der Waals surface area contributed by atoms with Gasteiger partial charge in [-0.25, -0.2) is 0 Å². The molecule has 1 aliphatic heterocycles. The average Bonchev–Trinajstić information content (AvgIpc) is 2.61. The van der Waals surface area contributed by atoms with Gasteiger partial charge < -0.3 is 0 Å². The zero-order chi connectivity index (χ0) is 17.1. The van der Waals surface area contributed by atoms with Crippen molar-refractivity contribution in [1.82, 2.24) is 0 Å². The zero-order valence-corrected chi connectivity index (χ0v) is 16.4. The van der Waals surface area contributed by atoms with Crippen LogP contribution >= 0.6 is 23.5 Å². The number of hydrogen-bond donors (Lipinski definition) is 0. The van der Waals surface area contributed by atoms with Crippen molar-refractivity contribution < 1.29 is 0 Å². The Hall–Kier alpha value is -1.12. The van der Waals surface area contributed by atoms with Gasteiger partial charge >= 0.3 is 0 Å². The second-order valence-electron chi connectivity index (χ2n) is 6.73. The number of rotatable bonds is 5. The lowest BCUT2D eigenvalue weighted by atomic mass is 9.84. The molecule has 2 aliphatic rings. The van der Waals surface area contributed by atoms with Crippen molar-refractivity contribution >= 4 is 29.1 Å². The van der Waals surface area contributed by atoms with E-state index in [0.29, 0.717) is 5.92 Å². The molecule has 1 atom stereocenters. The van der Waals surface area contributed by atoms with Crippen LogP contribution in [0.25, 0.3) is 5.57 Å². The van der Waals surface area contributed by atoms with E-state index in [9.17, 15) is 0 Å². The Labute approximate surface area is 155 Å². The monoisotopic (exact) mass is 354 g/mol. The minimum atomic E-state index is 0.420. The van der Waals surface area contributed by atoms with Crippen LogP contribution in [-0.4, -0.2) is 11.5 Å². The van der Waals surface area contributed by atoms with Crippen LogP contribution in [0.2, 0.25) is 0 Å². The summed E-state index contributed by atoms with van der Waals surface area (Å²) in [4.78, 5) is 2.85. The summed E-state index contributed by atoms with van der Waals surface area (Å²) in [6.07, 6.45) is 7.83. The van der Waals surface area contributed by atoms with Crippen LogP contribution in [-0.2, 0) is 0 Å². The fraction of sp³-hybridized carbons (Fsp3) is 0.364. The fourth-order valence-corrected chi connectivity index (χ4v) is 5.54. The van der Waals surface area contributed by atoms with E-state index in [1.807, 2.05) is 23.5 Å². The van der Waals surface area contributed by atoms with Gasteiger partial charge in [-0.15, -0.1) is 23.5 Å². The molecule has 0 amide bonds. The van der Waals surface area contributed by atoms with Gasteiger partial charge in [-0.1, -0.05) is 43.9 Å². The van der Waals surface area contributed by atoms with Crippen LogP contribution in [0, 0.1) is 5.92 Å². The molecule has 126 valence electrons. The molecule has 1 aromatic rings. The third kappa shape index (κ3) is 3.92. The largest absolute Gasteiger partial charge is 0.124 e. The smallest absolute Gasteiger partial charge is 0.0214 e. The van der Waals surface area contributed by atoms with Crippen molar-refractivity contribution in [3.8, 4) is 0 Å². The van der Waals surface area contributed by atoms with Crippen molar-refractivity contribution in [2.45, 2.75) is 42.9 Å². The van der Waals surface area contributed by atoms with Gasteiger partial charge in [0.25, 0.3) is 0 Å². The first kappa shape index (κ1) is 17.7. The van der Waals surface area contributed by atoms with Gasteiger partial charge in [0.2, 0.25) is 0 Å². The molecule has 0 N–H and O–H groups in total. The highest BCUT2D eigenvalue weighted by atomic mass is 32.2. The Bertz CT molecular complexity index is 721. The maximum Gasteiger partial charge on any atom is 0.0214 e. The van der Waals surface area contributed by atoms with E-state index in [0.717, 1.165) is 19.3 Å². The fourth-order valence-electron chi connectivity index (χ4n) is 3.30. The second-order valence-corrected chi connectivity index (χ2v) is 9.00. The van der Waals surface area contributed by atoms with Crippen LogP contribution in [0.1, 0.15) is 38.7 Å². The first-order valence-electron chi connectivity index (χ1n) is 8.69. The standard InChI is InChI=1S/C22H26S2/c1-15-7-5-6-8-20(15)18(4)16(2)13-17(3)19-9-10-21-22(14-19)24-12-11-23-21/h6,8-10,14,16H,3-5,7,11-13H2,1-2H3. The summed E-state index contributed by atoms with van der Waals surface area (Å²) in [5.41, 5.74) is 6.60. The van der Waals surface area contributed by atoms with Crippen molar-refractivity contribution in [2.75, 3.05) is 11.5 Å². The molecule has 1 aromatic carbocycles. The molecule has 0 nitrogen and oxygen atoms in total. The molecule has 24 heavy (non-hydrogen) atoms. The highest BCUT2D eigenvalue weighted by Crippen LogP contribution is 2.39. The summed E-state index contributed by atoms with van der Waals surface area (Å²) in [6, 6.07) is 6.83. The Morgan fingerprint density at radius 1 is 1.17 bits per heavy atom. The lowest BCUT2D eigenvalue weighted by molar-refractivity contribution is 0.713. The maximum absolute atomic E-state index is 4.39. The van der Waals surface area contributed by atoms with Gasteiger partial charge in [0, 0.05) is 21.3 Å². The van der Waals surface area contributed by atoms with E-state index in [-0.39, 0.29) is 0 Å². The Balaban J connectivity index is 1.70. The summed E-state index contributed by atoms with van der Waals surface area (Å²) >= 11 is 3.94. The van der Waals surface area contributed by atoms with Gasteiger partial charge in [-0.2, -0.15) is 0 Å². The molecule has 3 rings (SSSR count). The number of hydrogen-bond acceptors (Lipinski definition) is 2. The van der Waals surface area contributed by atoms with Crippen LogP contribution in [0.4, 0.5) is 0 Å². The lowest BCUT2D eigenvalue weighted by Gasteiger charge is -2.22. The van der Waals surface area contributed by atoms with E-state index < -0.39 is 0 Å². The van der Waals surface area contributed by atoms with Gasteiger partial charge in [-0.05, 0) is 66.5 Å². The third-order valence-electron chi connectivity index (χ3n) is 4.87. The molecular formula is C22H26S2. The summed E-state index contributed by atoms with van der Waals surface area (Å²) in [6.45, 7) is 13.3. The first-order chi connectivity index (χ1) is 11.6. The molecule has 0 saturated carbocycles. The van der Waals surface area contributed by atoms with Crippen molar-refractivity contribution in [2.24, 2.45) is 5.92 Å². The molecule has 1 aliphatic carbocycles. The summed E-state index contributed by atoms with van der Waals surface area (Å²) in [5, 5.41) is 0. The maximum atomic E-state index is 4.39. The van der Waals surface area contributed by atoms with Crippen molar-refractivity contribution in [1.29, 1.82) is 0 Å². The summed E-state index contributed by atoms with van der Waals surface area (Å²) in [5.74, 6) is 2.85. The zero-order valence-electron chi connectivity index (χ0n) is 14.7. The Morgan fingerprint density at radius 2 is 1.92 bits per heavy atom. The predicted molar refractivity (Wildman–Crippen MR) is 111 cm³/mol. The Morgan fingerprint density at radius 3 is 2.67 bits per heavy atom. The lowest BCUT2D eigenvalue weighted by Crippen LogP contribution is -2.05. The van der Waals surface area contributed by atoms with E-state index in [1.165, 1.54) is 49.2 Å². The molecule has 0 fully saturated rings. The summed E-state index contributed by atoms with van der Waals surface area (Å²) < 4.78 is 0. The van der Waals surface area contributed by atoms with E-state index in [2.05, 4.69) is 57.4 Å². The first-order valence-corrected chi connectivity index (χ1v) is 10.7. The molecule has 0 bridgehead atoms. The minimum absolute atomic E-state index is 0.420. The third-order valence-corrected chi connectivity index (χ3v) is 7.39. The predicted octanol–water partition coefficient (Wildman–Crippen LogP) is 7.15. The highest BCUT2D eigenvalue weighted by molar-refractivity contribution is 8.05. The summed E-state index contributed by atoms with van der Waals surface area (Å²) in [7, 11) is 0. The molecule has 0 radical (unpaired) electrons. The Kier molecular flexibility index (Phi) is 5.78. The van der Waals surface area contributed by atoms with Crippen LogP contribution in [0.15, 0.2) is 70.0 Å². The van der Waals surface area contributed by atoms with Crippen molar-refractivity contribution in [3.05, 3.63) is 65.8 Å². The van der Waals surface area contributed by atoms with E-state index in [4.69, 9.17) is 0 Å².